The molecule has 0 rings (SSSR count). The molecule has 1 N–H and O–H groups in total. The van der Waals surface area contributed by atoms with E-state index >= 15 is 0 Å². The number of hydrogen-bond donors (Lipinski definition) is 1. The third-order valence-electron chi connectivity index (χ3n) is 3.35. The topological polar surface area (TPSA) is 63.6 Å². The monoisotopic (exact) mass is 364 g/mol. The van der Waals surface area contributed by atoms with Crippen LogP contribution >= 0.6 is 0 Å². The van der Waals surface area contributed by atoms with E-state index in [9.17, 15) is 35.9 Å². The Labute approximate surface area is 134 Å². The smallest absolute Gasteiger partial charge is 0.438 e. The molecule has 0 radical (unpaired) electrons. The molecule has 4 nitrogen and oxygen atoms in total. The van der Waals surface area contributed by atoms with Crippen molar-refractivity contribution in [3.8, 4) is 0 Å². The van der Waals surface area contributed by atoms with Crippen molar-refractivity contribution in [1.82, 2.24) is 0 Å². The van der Waals surface area contributed by atoms with Crippen LogP contribution in [0.25, 0.3) is 0 Å². The maximum Gasteiger partial charge on any atom is 0.438 e. The number of rotatable bonds is 5. The molecule has 0 aliphatic rings. The Morgan fingerprint density at radius 2 is 1.38 bits per heavy atom. The number of halogens is 6. The molecular formula is C14H18F6O4. The summed E-state index contributed by atoms with van der Waals surface area (Å²) >= 11 is 0. The van der Waals surface area contributed by atoms with Gasteiger partial charge in [-0.3, -0.25) is 4.79 Å². The molecule has 0 saturated carbocycles. The molecule has 0 amide bonds. The summed E-state index contributed by atoms with van der Waals surface area (Å²) in [6.07, 6.45) is -11.8. The lowest BCUT2D eigenvalue weighted by Gasteiger charge is -2.46. The van der Waals surface area contributed by atoms with E-state index in [1.165, 1.54) is 0 Å². The molecule has 0 atom stereocenters. The Kier molecular flexibility index (Phi) is 6.16. The highest BCUT2D eigenvalue weighted by Crippen LogP contribution is 2.56. The molecule has 0 aliphatic carbocycles. The Hall–Kier alpha value is -1.74. The standard InChI is InChI=1S/C14H18F6O4/c1-7(2)10(23)24-12(13(15,16)17,14(18,19)20)11(4,5)6-8(3)9(21)22/h6-7H,1-5H3,(H,21,22). The third kappa shape index (κ3) is 4.02. The number of carboxylic acids is 1. The van der Waals surface area contributed by atoms with Crippen LogP contribution in [0.15, 0.2) is 11.6 Å². The van der Waals surface area contributed by atoms with Gasteiger partial charge in [-0.05, 0) is 6.92 Å². The Morgan fingerprint density at radius 1 is 1.00 bits per heavy atom. The Bertz CT molecular complexity index is 514. The zero-order valence-electron chi connectivity index (χ0n) is 13.6. The first kappa shape index (κ1) is 22.3. The second kappa shape index (κ2) is 6.64. The van der Waals surface area contributed by atoms with E-state index < -0.39 is 46.8 Å². The lowest BCUT2D eigenvalue weighted by atomic mass is 9.72. The predicted molar refractivity (Wildman–Crippen MR) is 70.9 cm³/mol. The molecule has 0 aromatic carbocycles. The van der Waals surface area contributed by atoms with Crippen molar-refractivity contribution in [2.75, 3.05) is 0 Å². The van der Waals surface area contributed by atoms with E-state index in [-0.39, 0.29) is 6.08 Å². The lowest BCUT2D eigenvalue weighted by Crippen LogP contribution is -2.67. The number of ether oxygens (including phenoxy) is 1. The van der Waals surface area contributed by atoms with Crippen molar-refractivity contribution in [1.29, 1.82) is 0 Å². The minimum absolute atomic E-state index is 0.282. The number of carbonyl (C=O) groups excluding carboxylic acids is 1. The van der Waals surface area contributed by atoms with Gasteiger partial charge in [-0.1, -0.05) is 33.8 Å². The van der Waals surface area contributed by atoms with E-state index in [2.05, 4.69) is 4.74 Å². The van der Waals surface area contributed by atoms with E-state index in [0.717, 1.165) is 20.8 Å². The number of esters is 1. The average molecular weight is 364 g/mol. The number of alkyl halides is 6. The van der Waals surface area contributed by atoms with Crippen LogP contribution in [-0.2, 0) is 14.3 Å². The largest absolute Gasteiger partial charge is 0.478 e. The molecule has 0 spiro atoms. The first-order chi connectivity index (χ1) is 10.4. The molecule has 0 aromatic rings. The summed E-state index contributed by atoms with van der Waals surface area (Å²) in [5.41, 5.74) is -8.58. The first-order valence-corrected chi connectivity index (χ1v) is 6.69. The van der Waals surface area contributed by atoms with Crippen LogP contribution in [0, 0.1) is 11.3 Å². The summed E-state index contributed by atoms with van der Waals surface area (Å²) in [6, 6.07) is 0. The molecule has 24 heavy (non-hydrogen) atoms. The summed E-state index contributed by atoms with van der Waals surface area (Å²) in [6.45, 7) is 4.00. The fraction of sp³-hybridized carbons (Fsp3) is 0.714. The number of carbonyl (C=O) groups is 2. The summed E-state index contributed by atoms with van der Waals surface area (Å²) in [5.74, 6) is -4.66. The number of hydrogen-bond acceptors (Lipinski definition) is 3. The predicted octanol–water partition coefficient (Wildman–Crippen LogP) is 4.11. The van der Waals surface area contributed by atoms with Crippen LogP contribution < -0.4 is 0 Å². The molecule has 0 aliphatic heterocycles. The minimum atomic E-state index is -6.03. The zero-order valence-corrected chi connectivity index (χ0v) is 13.6. The molecule has 10 heteroatoms. The highest BCUT2D eigenvalue weighted by molar-refractivity contribution is 5.86. The minimum Gasteiger partial charge on any atom is -0.478 e. The van der Waals surface area contributed by atoms with Crippen molar-refractivity contribution in [3.63, 3.8) is 0 Å². The molecule has 0 saturated heterocycles. The van der Waals surface area contributed by atoms with Gasteiger partial charge in [-0.25, -0.2) is 4.79 Å². The van der Waals surface area contributed by atoms with E-state index in [1.807, 2.05) is 0 Å². The van der Waals surface area contributed by atoms with Gasteiger partial charge < -0.3 is 9.84 Å². The number of aliphatic carboxylic acids is 1. The van der Waals surface area contributed by atoms with Crippen molar-refractivity contribution >= 4 is 11.9 Å². The Balaban J connectivity index is 6.66. The van der Waals surface area contributed by atoms with Crippen LogP contribution in [-0.4, -0.2) is 35.0 Å². The van der Waals surface area contributed by atoms with Gasteiger partial charge in [0.05, 0.1) is 5.92 Å². The maximum absolute atomic E-state index is 13.5. The molecule has 0 bridgehead atoms. The summed E-state index contributed by atoms with van der Waals surface area (Å²) in [7, 11) is 0. The second-order valence-electron chi connectivity index (χ2n) is 6.11. The maximum atomic E-state index is 13.5. The van der Waals surface area contributed by atoms with Crippen molar-refractivity contribution in [3.05, 3.63) is 11.6 Å². The Morgan fingerprint density at radius 3 is 1.62 bits per heavy atom. The first-order valence-electron chi connectivity index (χ1n) is 6.69. The van der Waals surface area contributed by atoms with Crippen molar-refractivity contribution in [2.45, 2.75) is 52.6 Å². The quantitative estimate of drug-likeness (QED) is 0.453. The zero-order chi connectivity index (χ0) is 19.7. The van der Waals surface area contributed by atoms with Crippen molar-refractivity contribution < 1.29 is 45.8 Å². The van der Waals surface area contributed by atoms with Gasteiger partial charge in [0.25, 0.3) is 0 Å². The highest BCUT2D eigenvalue weighted by Gasteiger charge is 2.80. The van der Waals surface area contributed by atoms with Crippen molar-refractivity contribution in [2.24, 2.45) is 11.3 Å². The fourth-order valence-corrected chi connectivity index (χ4v) is 2.11. The number of carboxylic acid groups (broad SMARTS) is 1. The molecule has 140 valence electrons. The lowest BCUT2D eigenvalue weighted by molar-refractivity contribution is -0.394. The third-order valence-corrected chi connectivity index (χ3v) is 3.35. The van der Waals surface area contributed by atoms with Crippen LogP contribution in [0.4, 0.5) is 26.3 Å². The molecule has 0 unspecified atom stereocenters. The van der Waals surface area contributed by atoms with Gasteiger partial charge >= 0.3 is 29.9 Å². The van der Waals surface area contributed by atoms with Gasteiger partial charge in [0.2, 0.25) is 0 Å². The summed E-state index contributed by atoms with van der Waals surface area (Å²) < 4.78 is 84.8. The van der Waals surface area contributed by atoms with Gasteiger partial charge in [0, 0.05) is 11.0 Å². The SMILES string of the molecule is CC(=CC(C)(C)C(OC(=O)C(C)C)(C(F)(F)F)C(F)(F)F)C(=O)O. The van der Waals surface area contributed by atoms with Crippen LogP contribution in [0.5, 0.6) is 0 Å². The molecule has 0 aromatic heterocycles. The van der Waals surface area contributed by atoms with E-state index in [4.69, 9.17) is 5.11 Å². The molecule has 0 fully saturated rings. The van der Waals surface area contributed by atoms with E-state index in [0.29, 0.717) is 13.8 Å². The summed E-state index contributed by atoms with van der Waals surface area (Å²) in [4.78, 5) is 22.4. The van der Waals surface area contributed by atoms with Gasteiger partial charge in [-0.15, -0.1) is 0 Å². The normalized spacial score (nSPS) is 14.8. The van der Waals surface area contributed by atoms with Crippen LogP contribution in [0.3, 0.4) is 0 Å². The summed E-state index contributed by atoms with van der Waals surface area (Å²) in [5, 5.41) is 8.75. The fourth-order valence-electron chi connectivity index (χ4n) is 2.11. The average Bonchev–Trinajstić information content (AvgIpc) is 2.30. The van der Waals surface area contributed by atoms with E-state index in [1.54, 1.807) is 0 Å². The highest BCUT2D eigenvalue weighted by atomic mass is 19.4. The second-order valence-corrected chi connectivity index (χ2v) is 6.11. The van der Waals surface area contributed by atoms with Gasteiger partial charge in [-0.2, -0.15) is 26.3 Å². The van der Waals surface area contributed by atoms with Crippen LogP contribution in [0.1, 0.15) is 34.6 Å². The van der Waals surface area contributed by atoms with Gasteiger partial charge in [0.1, 0.15) is 0 Å². The molecule has 0 heterocycles. The van der Waals surface area contributed by atoms with Gasteiger partial charge in [0.15, 0.2) is 0 Å². The molecular weight excluding hydrogens is 346 g/mol. The van der Waals surface area contributed by atoms with Crippen LogP contribution in [0.2, 0.25) is 0 Å².